The van der Waals surface area contributed by atoms with E-state index in [2.05, 4.69) is 49.7 Å². The van der Waals surface area contributed by atoms with Crippen LogP contribution in [-0.4, -0.2) is 12.8 Å². The molecule has 0 aliphatic rings. The summed E-state index contributed by atoms with van der Waals surface area (Å²) in [5, 5.41) is 3.46. The van der Waals surface area contributed by atoms with Gasteiger partial charge in [0.25, 0.3) is 0 Å². The lowest BCUT2D eigenvalue weighted by atomic mass is 10.1. The van der Waals surface area contributed by atoms with Gasteiger partial charge in [-0.25, -0.2) is 0 Å². The largest absolute Gasteiger partial charge is 0.385 e. The van der Waals surface area contributed by atoms with Crippen LogP contribution < -0.4 is 5.32 Å². The van der Waals surface area contributed by atoms with Gasteiger partial charge in [-0.15, -0.1) is 11.8 Å². The van der Waals surface area contributed by atoms with Crippen LogP contribution in [0.1, 0.15) is 20.3 Å². The lowest BCUT2D eigenvalue weighted by molar-refractivity contribution is 0.593. The molecule has 1 aromatic rings. The molecule has 14 heavy (non-hydrogen) atoms. The maximum atomic E-state index is 3.46. The van der Waals surface area contributed by atoms with E-state index >= 15 is 0 Å². The van der Waals surface area contributed by atoms with Crippen LogP contribution in [0.25, 0.3) is 0 Å². The third kappa shape index (κ3) is 3.62. The molecule has 0 heterocycles. The molecule has 0 aliphatic heterocycles. The minimum atomic E-state index is 0.743. The van der Waals surface area contributed by atoms with Crippen molar-refractivity contribution in [2.45, 2.75) is 25.2 Å². The summed E-state index contributed by atoms with van der Waals surface area (Å²) in [6.45, 7) is 5.56. The minimum Gasteiger partial charge on any atom is -0.385 e. The predicted octanol–water partition coefficient (Wildman–Crippen LogP) is 3.87. The fourth-order valence-electron chi connectivity index (χ4n) is 1.17. The average Bonchev–Trinajstić information content (AvgIpc) is 2.26. The maximum Gasteiger partial charge on any atom is 0.0351 e. The highest BCUT2D eigenvalue weighted by molar-refractivity contribution is 7.98. The lowest BCUT2D eigenvalue weighted by Gasteiger charge is -2.11. The van der Waals surface area contributed by atoms with Crippen LogP contribution >= 0.6 is 11.8 Å². The number of benzene rings is 1. The van der Waals surface area contributed by atoms with E-state index in [9.17, 15) is 0 Å². The Morgan fingerprint density at radius 1 is 1.43 bits per heavy atom. The zero-order valence-corrected chi connectivity index (χ0v) is 10.0. The van der Waals surface area contributed by atoms with Gasteiger partial charge in [0.15, 0.2) is 0 Å². The Labute approximate surface area is 91.3 Å². The van der Waals surface area contributed by atoms with Crippen molar-refractivity contribution in [3.63, 3.8) is 0 Å². The van der Waals surface area contributed by atoms with Crippen molar-refractivity contribution in [1.82, 2.24) is 0 Å². The van der Waals surface area contributed by atoms with Gasteiger partial charge in [-0.05, 0) is 30.4 Å². The monoisotopic (exact) mass is 209 g/mol. The molecule has 0 aliphatic carbocycles. The Morgan fingerprint density at radius 2 is 2.21 bits per heavy atom. The molecule has 1 atom stereocenters. The summed E-state index contributed by atoms with van der Waals surface area (Å²) in [6, 6.07) is 8.57. The molecule has 0 amide bonds. The molecule has 0 aromatic heterocycles. The summed E-state index contributed by atoms with van der Waals surface area (Å²) in [5.41, 5.74) is 1.23. The molecule has 78 valence electrons. The minimum absolute atomic E-state index is 0.743. The van der Waals surface area contributed by atoms with Crippen molar-refractivity contribution < 1.29 is 0 Å². The molecule has 2 heteroatoms. The highest BCUT2D eigenvalue weighted by Crippen LogP contribution is 2.19. The van der Waals surface area contributed by atoms with Crippen LogP contribution in [0.2, 0.25) is 0 Å². The van der Waals surface area contributed by atoms with Crippen molar-refractivity contribution in [3.8, 4) is 0 Å². The predicted molar refractivity (Wildman–Crippen MR) is 66.2 cm³/mol. The van der Waals surface area contributed by atoms with E-state index in [1.807, 2.05) is 0 Å². The second-order valence-corrected chi connectivity index (χ2v) is 4.51. The van der Waals surface area contributed by atoms with Crippen molar-refractivity contribution in [2.75, 3.05) is 18.1 Å². The maximum absolute atomic E-state index is 3.46. The highest BCUT2D eigenvalue weighted by Gasteiger charge is 1.98. The Morgan fingerprint density at radius 3 is 2.86 bits per heavy atom. The van der Waals surface area contributed by atoms with Crippen LogP contribution in [-0.2, 0) is 0 Å². The second kappa shape index (κ2) is 5.97. The first-order valence-corrected chi connectivity index (χ1v) is 6.36. The van der Waals surface area contributed by atoms with E-state index in [0.717, 1.165) is 12.5 Å². The van der Waals surface area contributed by atoms with Gasteiger partial charge in [0.1, 0.15) is 0 Å². The Balaban J connectivity index is 2.50. The van der Waals surface area contributed by atoms with E-state index in [0.29, 0.717) is 0 Å². The Hall–Kier alpha value is -0.630. The topological polar surface area (TPSA) is 12.0 Å². The smallest absolute Gasteiger partial charge is 0.0351 e. The molecule has 0 fully saturated rings. The van der Waals surface area contributed by atoms with Gasteiger partial charge in [-0.3, -0.25) is 0 Å². The van der Waals surface area contributed by atoms with E-state index in [4.69, 9.17) is 0 Å². The average molecular weight is 209 g/mol. The SMILES string of the molecule is CC[C@@H](C)CNc1cccc(SC)c1. The van der Waals surface area contributed by atoms with Gasteiger partial charge in [-0.2, -0.15) is 0 Å². The highest BCUT2D eigenvalue weighted by atomic mass is 32.2. The fourth-order valence-corrected chi connectivity index (χ4v) is 1.63. The molecule has 0 saturated heterocycles. The second-order valence-electron chi connectivity index (χ2n) is 3.63. The molecule has 1 rings (SSSR count). The Kier molecular flexibility index (Phi) is 4.88. The molecule has 0 saturated carbocycles. The summed E-state index contributed by atoms with van der Waals surface area (Å²) in [5.74, 6) is 0.743. The number of hydrogen-bond acceptors (Lipinski definition) is 2. The Bertz CT molecular complexity index is 273. The van der Waals surface area contributed by atoms with Crippen LogP contribution in [0.4, 0.5) is 5.69 Å². The standard InChI is InChI=1S/C12H19NS/c1-4-10(2)9-13-11-6-5-7-12(8-11)14-3/h5-8,10,13H,4,9H2,1-3H3/t10-/m1/s1. The van der Waals surface area contributed by atoms with E-state index in [1.54, 1.807) is 11.8 Å². The zero-order valence-electron chi connectivity index (χ0n) is 9.21. The first-order valence-electron chi connectivity index (χ1n) is 5.14. The molecular weight excluding hydrogens is 190 g/mol. The summed E-state index contributed by atoms with van der Waals surface area (Å²) < 4.78 is 0. The number of hydrogen-bond donors (Lipinski definition) is 1. The van der Waals surface area contributed by atoms with Gasteiger partial charge in [0, 0.05) is 17.1 Å². The molecule has 1 nitrogen and oxygen atoms in total. The number of anilines is 1. The van der Waals surface area contributed by atoms with Crippen LogP contribution in [0.15, 0.2) is 29.2 Å². The molecule has 1 N–H and O–H groups in total. The van der Waals surface area contributed by atoms with E-state index < -0.39 is 0 Å². The van der Waals surface area contributed by atoms with E-state index in [-0.39, 0.29) is 0 Å². The first-order chi connectivity index (χ1) is 6.76. The third-order valence-corrected chi connectivity index (χ3v) is 3.15. The van der Waals surface area contributed by atoms with E-state index in [1.165, 1.54) is 17.0 Å². The zero-order chi connectivity index (χ0) is 10.4. The van der Waals surface area contributed by atoms with Crippen LogP contribution in [0.5, 0.6) is 0 Å². The number of nitrogens with one attached hydrogen (secondary N) is 1. The quantitative estimate of drug-likeness (QED) is 0.739. The number of rotatable bonds is 5. The van der Waals surface area contributed by atoms with Crippen LogP contribution in [0, 0.1) is 5.92 Å². The van der Waals surface area contributed by atoms with Crippen molar-refractivity contribution in [1.29, 1.82) is 0 Å². The van der Waals surface area contributed by atoms with Crippen LogP contribution in [0.3, 0.4) is 0 Å². The normalized spacial score (nSPS) is 12.5. The summed E-state index contributed by atoms with van der Waals surface area (Å²) in [4.78, 5) is 1.32. The van der Waals surface area contributed by atoms with Gasteiger partial charge in [-0.1, -0.05) is 26.3 Å². The lowest BCUT2D eigenvalue weighted by Crippen LogP contribution is -2.09. The molecule has 0 spiro atoms. The summed E-state index contributed by atoms with van der Waals surface area (Å²) in [7, 11) is 0. The number of thioether (sulfide) groups is 1. The molecular formula is C12H19NS. The third-order valence-electron chi connectivity index (χ3n) is 2.42. The van der Waals surface area contributed by atoms with Gasteiger partial charge in [0.05, 0.1) is 0 Å². The van der Waals surface area contributed by atoms with Crippen molar-refractivity contribution >= 4 is 17.4 Å². The molecule has 0 bridgehead atoms. The molecule has 0 unspecified atom stereocenters. The molecule has 1 aromatic carbocycles. The fraction of sp³-hybridized carbons (Fsp3) is 0.500. The van der Waals surface area contributed by atoms with Gasteiger partial charge >= 0.3 is 0 Å². The van der Waals surface area contributed by atoms with Crippen molar-refractivity contribution in [3.05, 3.63) is 24.3 Å². The summed E-state index contributed by atoms with van der Waals surface area (Å²) >= 11 is 1.78. The first kappa shape index (κ1) is 11.4. The van der Waals surface area contributed by atoms with Crippen molar-refractivity contribution in [2.24, 2.45) is 5.92 Å². The van der Waals surface area contributed by atoms with Gasteiger partial charge < -0.3 is 5.32 Å². The van der Waals surface area contributed by atoms with Gasteiger partial charge in [0.2, 0.25) is 0 Å². The summed E-state index contributed by atoms with van der Waals surface area (Å²) in [6.07, 6.45) is 3.34. The molecule has 0 radical (unpaired) electrons.